The van der Waals surface area contributed by atoms with Crippen LogP contribution in [0.4, 0.5) is 17.1 Å². The van der Waals surface area contributed by atoms with E-state index in [1.807, 2.05) is 6.07 Å². The van der Waals surface area contributed by atoms with Crippen LogP contribution in [-0.4, -0.2) is 7.85 Å². The van der Waals surface area contributed by atoms with E-state index in [1.54, 1.807) is 0 Å². The Morgan fingerprint density at radius 3 is 1.48 bits per heavy atom. The fourth-order valence-electron chi connectivity index (χ4n) is 9.09. The first-order valence-electron chi connectivity index (χ1n) is 17.0. The average molecular weight is 612 g/mol. The van der Waals surface area contributed by atoms with E-state index in [-0.39, 0.29) is 10.8 Å². The topological polar surface area (TPSA) is 3.24 Å². The molecule has 0 N–H and O–H groups in total. The minimum Gasteiger partial charge on any atom is -0.310 e. The highest BCUT2D eigenvalue weighted by Gasteiger charge is 2.37. The normalized spacial score (nSPS) is 15.1. The van der Waals surface area contributed by atoms with Crippen molar-refractivity contribution in [3.8, 4) is 22.3 Å². The summed E-state index contributed by atoms with van der Waals surface area (Å²) in [7, 11) is 6.56. The molecule has 48 heavy (non-hydrogen) atoms. The van der Waals surface area contributed by atoms with Crippen molar-refractivity contribution in [2.24, 2.45) is 0 Å². The van der Waals surface area contributed by atoms with E-state index in [2.05, 4.69) is 160 Å². The van der Waals surface area contributed by atoms with Gasteiger partial charge < -0.3 is 4.90 Å². The minimum atomic E-state index is -0.102. The molecule has 2 aliphatic carbocycles. The van der Waals surface area contributed by atoms with Crippen molar-refractivity contribution in [3.05, 3.63) is 156 Å². The van der Waals surface area contributed by atoms with Crippen LogP contribution in [0, 0.1) is 0 Å². The quantitative estimate of drug-likeness (QED) is 0.142. The molecule has 0 saturated carbocycles. The standard InChI is InChI=1S/C46H34BN/c1-45(2)37-11-7-5-9-31(37)33-21-17-29(25-39(33)45)48(30-18-22-34-32-10-6-8-12-38(32)46(3,4)40(34)26-30)42-24-16-28-13-19-35-41(47)23-15-27-14-20-36(42)44(28)43(27)35/h5-26H,1-4H3. The van der Waals surface area contributed by atoms with Gasteiger partial charge in [-0.25, -0.2) is 0 Å². The van der Waals surface area contributed by atoms with Crippen LogP contribution in [0.25, 0.3) is 54.6 Å². The van der Waals surface area contributed by atoms with E-state index in [9.17, 15) is 0 Å². The number of hydrogen-bond acceptors (Lipinski definition) is 1. The first-order valence-corrected chi connectivity index (χ1v) is 17.0. The lowest BCUT2D eigenvalue weighted by molar-refractivity contribution is 0.660. The van der Waals surface area contributed by atoms with Gasteiger partial charge in [0.05, 0.1) is 5.69 Å². The monoisotopic (exact) mass is 611 g/mol. The number of rotatable bonds is 3. The van der Waals surface area contributed by atoms with E-state index in [4.69, 9.17) is 7.85 Å². The van der Waals surface area contributed by atoms with Crippen LogP contribution in [-0.2, 0) is 10.8 Å². The highest BCUT2D eigenvalue weighted by atomic mass is 15.1. The molecule has 0 spiro atoms. The SMILES string of the molecule is [B]c1ccc2ccc3c(N(c4ccc5c(c4)C(C)(C)c4ccccc4-5)c4ccc5c(c4)C(C)(C)c4ccccc4-5)ccc4ccc1c2c43. The maximum Gasteiger partial charge on any atom is 0.114 e. The Labute approximate surface area is 283 Å². The van der Waals surface area contributed by atoms with Gasteiger partial charge in [0.25, 0.3) is 0 Å². The molecule has 0 fully saturated rings. The van der Waals surface area contributed by atoms with E-state index in [0.717, 1.165) is 22.2 Å². The van der Waals surface area contributed by atoms with Crippen molar-refractivity contribution in [3.63, 3.8) is 0 Å². The van der Waals surface area contributed by atoms with Gasteiger partial charge >= 0.3 is 0 Å². The molecule has 0 amide bonds. The van der Waals surface area contributed by atoms with Crippen LogP contribution in [0.1, 0.15) is 49.9 Å². The van der Waals surface area contributed by atoms with E-state index in [1.165, 1.54) is 77.1 Å². The Balaban J connectivity index is 1.26. The number of benzene rings is 8. The summed E-state index contributed by atoms with van der Waals surface area (Å²) in [6.45, 7) is 9.45. The van der Waals surface area contributed by atoms with Crippen molar-refractivity contribution in [2.45, 2.75) is 38.5 Å². The molecule has 0 aliphatic heterocycles. The van der Waals surface area contributed by atoms with Gasteiger partial charge in [-0.05, 0) is 102 Å². The lowest BCUT2D eigenvalue weighted by Gasteiger charge is -2.31. The van der Waals surface area contributed by atoms with Gasteiger partial charge in [-0.3, -0.25) is 0 Å². The second kappa shape index (κ2) is 9.39. The predicted molar refractivity (Wildman–Crippen MR) is 205 cm³/mol. The van der Waals surface area contributed by atoms with Gasteiger partial charge in [0.1, 0.15) is 7.85 Å². The van der Waals surface area contributed by atoms with Crippen LogP contribution in [0.5, 0.6) is 0 Å². The lowest BCUT2D eigenvalue weighted by Crippen LogP contribution is -2.18. The smallest absolute Gasteiger partial charge is 0.114 e. The molecule has 0 saturated heterocycles. The maximum atomic E-state index is 6.56. The molecular weight excluding hydrogens is 577 g/mol. The highest BCUT2D eigenvalue weighted by Crippen LogP contribution is 2.54. The summed E-state index contributed by atoms with van der Waals surface area (Å²) < 4.78 is 0. The summed E-state index contributed by atoms with van der Waals surface area (Å²) in [5.41, 5.74) is 15.0. The third-order valence-electron chi connectivity index (χ3n) is 11.6. The van der Waals surface area contributed by atoms with Crippen LogP contribution in [0.3, 0.4) is 0 Å². The van der Waals surface area contributed by atoms with Crippen molar-refractivity contribution >= 4 is 62.7 Å². The van der Waals surface area contributed by atoms with Crippen molar-refractivity contribution < 1.29 is 0 Å². The van der Waals surface area contributed by atoms with Gasteiger partial charge in [0.2, 0.25) is 0 Å². The Bertz CT molecular complexity index is 2530. The van der Waals surface area contributed by atoms with Gasteiger partial charge in [-0.1, -0.05) is 136 Å². The summed E-state index contributed by atoms with van der Waals surface area (Å²) >= 11 is 0. The van der Waals surface area contributed by atoms with Gasteiger partial charge in [0.15, 0.2) is 0 Å². The lowest BCUT2D eigenvalue weighted by atomic mass is 9.82. The molecule has 0 bridgehead atoms. The van der Waals surface area contributed by atoms with Crippen molar-refractivity contribution in [1.29, 1.82) is 0 Å². The van der Waals surface area contributed by atoms with Crippen LogP contribution in [0.2, 0.25) is 0 Å². The first-order chi connectivity index (χ1) is 23.2. The van der Waals surface area contributed by atoms with Crippen LogP contribution >= 0.6 is 0 Å². The Hall–Kier alpha value is -5.34. The summed E-state index contributed by atoms with van der Waals surface area (Å²) in [6.07, 6.45) is 0. The molecule has 2 radical (unpaired) electrons. The second-order valence-corrected chi connectivity index (χ2v) is 14.8. The molecule has 1 nitrogen and oxygen atoms in total. The molecule has 0 atom stereocenters. The van der Waals surface area contributed by atoms with Gasteiger partial charge in [0, 0.05) is 27.6 Å². The number of fused-ring (bicyclic) bond motifs is 6. The van der Waals surface area contributed by atoms with E-state index in [0.29, 0.717) is 0 Å². The summed E-state index contributed by atoms with van der Waals surface area (Å²) in [4.78, 5) is 2.49. The Kier molecular flexibility index (Phi) is 5.43. The largest absolute Gasteiger partial charge is 0.310 e. The van der Waals surface area contributed by atoms with E-state index < -0.39 is 0 Å². The second-order valence-electron chi connectivity index (χ2n) is 14.8. The highest BCUT2D eigenvalue weighted by molar-refractivity contribution is 6.42. The molecule has 0 heterocycles. The number of nitrogens with zero attached hydrogens (tertiary/aromatic N) is 1. The fraction of sp³-hybridized carbons (Fsp3) is 0.130. The summed E-state index contributed by atoms with van der Waals surface area (Å²) in [5, 5.41) is 7.29. The minimum absolute atomic E-state index is 0.102. The predicted octanol–water partition coefficient (Wildman–Crippen LogP) is 11.5. The molecule has 10 rings (SSSR count). The number of anilines is 3. The molecular formula is C46H34BN. The third-order valence-corrected chi connectivity index (χ3v) is 11.6. The fourth-order valence-corrected chi connectivity index (χ4v) is 9.09. The molecule has 8 aromatic rings. The van der Waals surface area contributed by atoms with Gasteiger partial charge in [-0.15, -0.1) is 0 Å². The van der Waals surface area contributed by atoms with Gasteiger partial charge in [-0.2, -0.15) is 0 Å². The summed E-state index contributed by atoms with van der Waals surface area (Å²) in [5.74, 6) is 0. The zero-order chi connectivity index (χ0) is 32.5. The molecule has 2 aliphatic rings. The Morgan fingerprint density at radius 1 is 0.438 bits per heavy atom. The van der Waals surface area contributed by atoms with Crippen LogP contribution < -0.4 is 10.4 Å². The average Bonchev–Trinajstić information content (AvgIpc) is 3.48. The molecule has 0 unspecified atom stereocenters. The van der Waals surface area contributed by atoms with Crippen LogP contribution in [0.15, 0.2) is 133 Å². The molecule has 8 aromatic carbocycles. The third kappa shape index (κ3) is 3.53. The molecule has 2 heteroatoms. The first kappa shape index (κ1) is 27.7. The molecule has 0 aromatic heterocycles. The van der Waals surface area contributed by atoms with Crippen molar-refractivity contribution in [1.82, 2.24) is 0 Å². The zero-order valence-corrected chi connectivity index (χ0v) is 27.7. The van der Waals surface area contributed by atoms with E-state index >= 15 is 0 Å². The molecule has 226 valence electrons. The zero-order valence-electron chi connectivity index (χ0n) is 27.7. The maximum absolute atomic E-state index is 6.56. The number of hydrogen-bond donors (Lipinski definition) is 0. The summed E-state index contributed by atoms with van der Waals surface area (Å²) in [6, 6.07) is 49.7. The van der Waals surface area contributed by atoms with Crippen molar-refractivity contribution in [2.75, 3.05) is 4.90 Å². The Morgan fingerprint density at radius 2 is 0.896 bits per heavy atom.